The normalized spacial score (nSPS) is 30.9. The Morgan fingerprint density at radius 2 is 1.74 bits per heavy atom. The molecule has 2 saturated heterocycles. The van der Waals surface area contributed by atoms with Crippen molar-refractivity contribution in [1.29, 1.82) is 0 Å². The largest absolute Gasteiger partial charge is 0.481 e. The Morgan fingerprint density at radius 1 is 1.03 bits per heavy atom. The van der Waals surface area contributed by atoms with Crippen molar-refractivity contribution in [2.75, 3.05) is 13.2 Å². The average molecular weight is 555 g/mol. The monoisotopic (exact) mass is 554 g/mol. The predicted octanol–water partition coefficient (Wildman–Crippen LogP) is 7.78. The van der Waals surface area contributed by atoms with Crippen LogP contribution in [0.5, 0.6) is 0 Å². The molecule has 7 atom stereocenters. The molecule has 3 aliphatic rings. The molecule has 0 spiro atoms. The van der Waals surface area contributed by atoms with Gasteiger partial charge in [-0.15, -0.1) is 11.6 Å². The number of rotatable bonds is 16. The molecular formula is C31H51ClO6. The molecule has 0 aromatic heterocycles. The van der Waals surface area contributed by atoms with Crippen LogP contribution in [0.25, 0.3) is 0 Å². The summed E-state index contributed by atoms with van der Waals surface area (Å²) < 4.78 is 24.8. The van der Waals surface area contributed by atoms with Gasteiger partial charge in [0.1, 0.15) is 0 Å². The summed E-state index contributed by atoms with van der Waals surface area (Å²) in [6.07, 6.45) is 20.8. The van der Waals surface area contributed by atoms with Gasteiger partial charge in [-0.3, -0.25) is 4.79 Å². The lowest BCUT2D eigenvalue weighted by molar-refractivity contribution is -0.192. The van der Waals surface area contributed by atoms with Crippen molar-refractivity contribution >= 4 is 17.6 Å². The Labute approximate surface area is 235 Å². The highest BCUT2D eigenvalue weighted by atomic mass is 35.5. The van der Waals surface area contributed by atoms with E-state index in [1.807, 2.05) is 0 Å². The van der Waals surface area contributed by atoms with E-state index in [1.54, 1.807) is 0 Å². The fourth-order valence-corrected chi connectivity index (χ4v) is 6.36. The Morgan fingerprint density at radius 3 is 2.39 bits per heavy atom. The van der Waals surface area contributed by atoms with Crippen LogP contribution in [0.4, 0.5) is 0 Å². The van der Waals surface area contributed by atoms with Gasteiger partial charge in [0.2, 0.25) is 0 Å². The lowest BCUT2D eigenvalue weighted by Crippen LogP contribution is -2.31. The van der Waals surface area contributed by atoms with E-state index in [9.17, 15) is 4.79 Å². The number of hydrogen-bond acceptors (Lipinski definition) is 5. The fraction of sp³-hybridized carbons (Fsp3) is 0.839. The van der Waals surface area contributed by atoms with Gasteiger partial charge in [-0.2, -0.15) is 0 Å². The third-order valence-corrected chi connectivity index (χ3v) is 8.51. The first-order chi connectivity index (χ1) is 18.4. The van der Waals surface area contributed by atoms with Crippen molar-refractivity contribution in [3.63, 3.8) is 0 Å². The molecule has 2 aliphatic heterocycles. The topological polar surface area (TPSA) is 74.2 Å². The summed E-state index contributed by atoms with van der Waals surface area (Å²) in [4.78, 5) is 10.8. The number of alkyl halides is 1. The van der Waals surface area contributed by atoms with E-state index >= 15 is 0 Å². The van der Waals surface area contributed by atoms with E-state index in [0.717, 1.165) is 103 Å². The number of unbranched alkanes of at least 4 members (excludes halogenated alkanes) is 3. The molecule has 0 aromatic carbocycles. The third-order valence-electron chi connectivity index (χ3n) is 8.00. The van der Waals surface area contributed by atoms with Gasteiger partial charge in [-0.25, -0.2) is 0 Å². The molecule has 2 unspecified atom stereocenters. The molecule has 3 rings (SSSR count). The third kappa shape index (κ3) is 11.7. The van der Waals surface area contributed by atoms with Crippen LogP contribution in [-0.2, 0) is 23.7 Å². The minimum atomic E-state index is -0.711. The lowest BCUT2D eigenvalue weighted by Gasteiger charge is -2.30. The van der Waals surface area contributed by atoms with E-state index in [-0.39, 0.29) is 42.5 Å². The zero-order valence-electron chi connectivity index (χ0n) is 23.7. The number of carbonyl (C=O) groups is 1. The maximum Gasteiger partial charge on any atom is 0.303 e. The molecule has 3 fully saturated rings. The molecule has 38 heavy (non-hydrogen) atoms. The van der Waals surface area contributed by atoms with Gasteiger partial charge in [0.25, 0.3) is 0 Å². The first kappa shape index (κ1) is 31.6. The summed E-state index contributed by atoms with van der Waals surface area (Å²) >= 11 is 6.96. The Hall–Kier alpha value is -0.920. The van der Waals surface area contributed by atoms with Gasteiger partial charge in [0.05, 0.1) is 12.2 Å². The van der Waals surface area contributed by atoms with Gasteiger partial charge in [0.15, 0.2) is 12.6 Å². The highest BCUT2D eigenvalue weighted by molar-refractivity contribution is 6.21. The van der Waals surface area contributed by atoms with Gasteiger partial charge >= 0.3 is 5.97 Å². The zero-order valence-corrected chi connectivity index (χ0v) is 24.4. The molecule has 1 saturated carbocycles. The van der Waals surface area contributed by atoms with Crippen LogP contribution < -0.4 is 0 Å². The summed E-state index contributed by atoms with van der Waals surface area (Å²) in [6.45, 7) is 5.81. The van der Waals surface area contributed by atoms with Crippen molar-refractivity contribution in [2.24, 2.45) is 11.8 Å². The fourth-order valence-electron chi connectivity index (χ4n) is 5.89. The van der Waals surface area contributed by atoms with Crippen LogP contribution in [-0.4, -0.2) is 54.5 Å². The molecule has 0 bridgehead atoms. The number of aliphatic carboxylic acids is 1. The van der Waals surface area contributed by atoms with Crippen molar-refractivity contribution < 1.29 is 28.8 Å². The number of ether oxygens (including phenoxy) is 4. The average Bonchev–Trinajstić information content (AvgIpc) is 3.18. The Kier molecular flexibility index (Phi) is 14.7. The maximum atomic E-state index is 10.8. The minimum absolute atomic E-state index is 0.00803. The quantitative estimate of drug-likeness (QED) is 0.119. The SMILES string of the molecule is CC(C)=CCC[C@@H](C=C[C@@H]1[C@@H](CCCCCCC(=O)O)[C@H](Cl)C[C@H]1OC1CCCCO1)OC1CCCCO1. The molecule has 0 aromatic rings. The van der Waals surface area contributed by atoms with E-state index in [0.29, 0.717) is 5.92 Å². The van der Waals surface area contributed by atoms with Crippen LogP contribution in [0.3, 0.4) is 0 Å². The highest BCUT2D eigenvalue weighted by Gasteiger charge is 2.42. The molecule has 2 heterocycles. The van der Waals surface area contributed by atoms with E-state index in [2.05, 4.69) is 32.1 Å². The standard InChI is InChI=1S/C31H51ClO6/c1-23(2)12-11-13-24(37-30-16-7-9-20-35-30)18-19-26-25(14-5-3-4-6-15-29(33)34)27(32)22-28(26)38-31-17-8-10-21-36-31/h12,18-19,24-28,30-31H,3-11,13-17,20-22H2,1-2H3,(H,33,34)/t24-,25+,26+,27+,28+,30?,31?/m0/s1. The molecule has 0 radical (unpaired) electrons. The van der Waals surface area contributed by atoms with Crippen LogP contribution >= 0.6 is 11.6 Å². The van der Waals surface area contributed by atoms with Crippen LogP contribution in [0.1, 0.15) is 110 Å². The zero-order chi connectivity index (χ0) is 27.2. The van der Waals surface area contributed by atoms with E-state index < -0.39 is 5.97 Å². The summed E-state index contributed by atoms with van der Waals surface area (Å²) in [5, 5.41) is 8.95. The van der Waals surface area contributed by atoms with Crippen molar-refractivity contribution in [2.45, 2.75) is 140 Å². The summed E-state index contributed by atoms with van der Waals surface area (Å²) in [5.74, 6) is -0.175. The van der Waals surface area contributed by atoms with E-state index in [4.69, 9.17) is 35.7 Å². The molecule has 0 amide bonds. The van der Waals surface area contributed by atoms with Gasteiger partial charge < -0.3 is 24.1 Å². The van der Waals surface area contributed by atoms with Crippen LogP contribution in [0.15, 0.2) is 23.8 Å². The highest BCUT2D eigenvalue weighted by Crippen LogP contribution is 2.43. The van der Waals surface area contributed by atoms with Crippen LogP contribution in [0, 0.1) is 11.8 Å². The number of hydrogen-bond donors (Lipinski definition) is 1. The number of halogens is 1. The Bertz CT molecular complexity index is 724. The molecule has 218 valence electrons. The molecule has 7 heteroatoms. The summed E-state index contributed by atoms with van der Waals surface area (Å²) in [5.41, 5.74) is 1.33. The summed E-state index contributed by atoms with van der Waals surface area (Å²) in [6, 6.07) is 0. The van der Waals surface area contributed by atoms with Crippen molar-refractivity contribution in [3.8, 4) is 0 Å². The first-order valence-electron chi connectivity index (χ1n) is 15.1. The second-order valence-corrected chi connectivity index (χ2v) is 12.1. The number of carboxylic acid groups (broad SMARTS) is 1. The van der Waals surface area contributed by atoms with Crippen molar-refractivity contribution in [1.82, 2.24) is 0 Å². The predicted molar refractivity (Wildman–Crippen MR) is 151 cm³/mol. The maximum absolute atomic E-state index is 10.8. The minimum Gasteiger partial charge on any atom is -0.481 e. The number of allylic oxidation sites excluding steroid dienone is 2. The second-order valence-electron chi connectivity index (χ2n) is 11.5. The summed E-state index contributed by atoms with van der Waals surface area (Å²) in [7, 11) is 0. The first-order valence-corrected chi connectivity index (χ1v) is 15.6. The van der Waals surface area contributed by atoms with E-state index in [1.165, 1.54) is 5.57 Å². The number of carboxylic acids is 1. The lowest BCUT2D eigenvalue weighted by atomic mass is 9.88. The van der Waals surface area contributed by atoms with Gasteiger partial charge in [-0.05, 0) is 90.4 Å². The molecule has 1 N–H and O–H groups in total. The second kappa shape index (κ2) is 17.7. The van der Waals surface area contributed by atoms with Crippen molar-refractivity contribution in [3.05, 3.63) is 23.8 Å². The van der Waals surface area contributed by atoms with Crippen LogP contribution in [0.2, 0.25) is 0 Å². The van der Waals surface area contributed by atoms with Gasteiger partial charge in [-0.1, -0.05) is 43.1 Å². The molecule has 6 nitrogen and oxygen atoms in total. The Balaban J connectivity index is 1.66. The molecule has 1 aliphatic carbocycles. The molecular weight excluding hydrogens is 504 g/mol. The van der Waals surface area contributed by atoms with Gasteiger partial charge in [0, 0.05) is 30.9 Å². The smallest absolute Gasteiger partial charge is 0.303 e.